The first-order chi connectivity index (χ1) is 12.5. The van der Waals surface area contributed by atoms with Crippen LogP contribution in [0.1, 0.15) is 50.0 Å². The van der Waals surface area contributed by atoms with E-state index in [1.165, 1.54) is 4.90 Å². The molecular weight excluding hydrogens is 398 g/mol. The first-order valence-electron chi connectivity index (χ1n) is 8.40. The lowest BCUT2D eigenvalue weighted by Crippen LogP contribution is -2.29. The van der Waals surface area contributed by atoms with Crippen LogP contribution in [0.2, 0.25) is 0 Å². The van der Waals surface area contributed by atoms with Crippen molar-refractivity contribution in [2.75, 3.05) is 0 Å². The number of amides is 2. The standard InChI is InChI=1S/C20H16BrNO4/c1-11-8-17(11)26-20(25)12-6-7-16(21)13(9-12)10-22-18(23)14-4-2-3-5-15(14)19(22)24/h2-7,9,11,17H,8,10H2,1H3/t11?,17-/m1/s1. The van der Waals surface area contributed by atoms with Crippen LogP contribution in [-0.4, -0.2) is 28.8 Å². The number of esters is 1. The Morgan fingerprint density at radius 2 is 1.77 bits per heavy atom. The van der Waals surface area contributed by atoms with Crippen LogP contribution in [0.15, 0.2) is 46.9 Å². The van der Waals surface area contributed by atoms with Crippen molar-refractivity contribution in [3.8, 4) is 0 Å². The fraction of sp³-hybridized carbons (Fsp3) is 0.250. The third kappa shape index (κ3) is 2.94. The van der Waals surface area contributed by atoms with Crippen LogP contribution in [0.5, 0.6) is 0 Å². The number of benzene rings is 2. The minimum Gasteiger partial charge on any atom is -0.458 e. The van der Waals surface area contributed by atoms with E-state index in [0.717, 1.165) is 10.9 Å². The third-order valence-corrected chi connectivity index (χ3v) is 5.56. The van der Waals surface area contributed by atoms with Gasteiger partial charge in [0.05, 0.1) is 23.2 Å². The van der Waals surface area contributed by atoms with Gasteiger partial charge in [-0.05, 0) is 48.2 Å². The maximum atomic E-state index is 12.5. The monoisotopic (exact) mass is 413 g/mol. The second-order valence-corrected chi connectivity index (χ2v) is 7.56. The fourth-order valence-electron chi connectivity index (χ4n) is 3.03. The molecule has 1 fully saturated rings. The zero-order valence-electron chi connectivity index (χ0n) is 14.1. The molecule has 132 valence electrons. The minimum atomic E-state index is -0.379. The van der Waals surface area contributed by atoms with Crippen molar-refractivity contribution in [2.45, 2.75) is 26.0 Å². The highest BCUT2D eigenvalue weighted by molar-refractivity contribution is 9.10. The predicted octanol–water partition coefficient (Wildman–Crippen LogP) is 3.81. The Labute approximate surface area is 159 Å². The molecule has 0 N–H and O–H groups in total. The number of halogens is 1. The Morgan fingerprint density at radius 3 is 2.35 bits per heavy atom. The maximum absolute atomic E-state index is 12.5. The SMILES string of the molecule is CC1C[C@H]1OC(=O)c1ccc(Br)c(CN2C(=O)c3ccccc3C2=O)c1. The van der Waals surface area contributed by atoms with Gasteiger partial charge in [-0.15, -0.1) is 0 Å². The highest BCUT2D eigenvalue weighted by Gasteiger charge is 2.37. The van der Waals surface area contributed by atoms with Gasteiger partial charge < -0.3 is 4.74 Å². The van der Waals surface area contributed by atoms with Crippen molar-refractivity contribution in [3.63, 3.8) is 0 Å². The number of nitrogens with zero attached hydrogens (tertiary/aromatic N) is 1. The number of imide groups is 1. The molecule has 4 rings (SSSR count). The lowest BCUT2D eigenvalue weighted by Gasteiger charge is -2.16. The first kappa shape index (κ1) is 17.0. The molecule has 1 aliphatic heterocycles. The summed E-state index contributed by atoms with van der Waals surface area (Å²) >= 11 is 3.43. The number of fused-ring (bicyclic) bond motifs is 1. The molecule has 1 saturated carbocycles. The molecule has 2 amide bonds. The number of ether oxygens (including phenoxy) is 1. The molecule has 0 aromatic heterocycles. The van der Waals surface area contributed by atoms with Crippen LogP contribution in [0.25, 0.3) is 0 Å². The number of carbonyl (C=O) groups is 3. The van der Waals surface area contributed by atoms with E-state index in [9.17, 15) is 14.4 Å². The normalized spacial score (nSPS) is 20.9. The van der Waals surface area contributed by atoms with Crippen molar-refractivity contribution < 1.29 is 19.1 Å². The van der Waals surface area contributed by atoms with E-state index in [0.29, 0.717) is 28.2 Å². The van der Waals surface area contributed by atoms with Crippen molar-refractivity contribution in [1.82, 2.24) is 4.90 Å². The van der Waals surface area contributed by atoms with E-state index in [2.05, 4.69) is 15.9 Å². The van der Waals surface area contributed by atoms with Gasteiger partial charge >= 0.3 is 5.97 Å². The molecule has 2 aliphatic rings. The summed E-state index contributed by atoms with van der Waals surface area (Å²) in [6.45, 7) is 2.13. The molecule has 5 nitrogen and oxygen atoms in total. The van der Waals surface area contributed by atoms with Gasteiger partial charge in [0.25, 0.3) is 11.8 Å². The summed E-state index contributed by atoms with van der Waals surface area (Å²) in [6.07, 6.45) is 0.885. The number of carbonyl (C=O) groups excluding carboxylic acids is 3. The summed E-state index contributed by atoms with van der Waals surface area (Å²) in [5.41, 5.74) is 1.91. The largest absolute Gasteiger partial charge is 0.458 e. The lowest BCUT2D eigenvalue weighted by molar-refractivity contribution is 0.0453. The first-order valence-corrected chi connectivity index (χ1v) is 9.19. The second kappa shape index (κ2) is 6.36. The third-order valence-electron chi connectivity index (χ3n) is 4.78. The Kier molecular flexibility index (Phi) is 4.15. The highest BCUT2D eigenvalue weighted by Crippen LogP contribution is 2.34. The summed E-state index contributed by atoms with van der Waals surface area (Å²) in [4.78, 5) is 38.5. The van der Waals surface area contributed by atoms with Crippen LogP contribution in [0.4, 0.5) is 0 Å². The summed E-state index contributed by atoms with van der Waals surface area (Å²) in [6, 6.07) is 11.8. The lowest BCUT2D eigenvalue weighted by atomic mass is 10.1. The van der Waals surface area contributed by atoms with Crippen LogP contribution in [0.3, 0.4) is 0 Å². The van der Waals surface area contributed by atoms with Gasteiger partial charge in [0, 0.05) is 4.47 Å². The van der Waals surface area contributed by atoms with Crippen molar-refractivity contribution in [1.29, 1.82) is 0 Å². The number of rotatable bonds is 4. The minimum absolute atomic E-state index is 0.00849. The molecule has 1 unspecified atom stereocenters. The molecule has 0 bridgehead atoms. The molecule has 6 heteroatoms. The van der Waals surface area contributed by atoms with E-state index in [-0.39, 0.29) is 30.4 Å². The van der Waals surface area contributed by atoms with Gasteiger partial charge in [0.15, 0.2) is 0 Å². The van der Waals surface area contributed by atoms with Gasteiger partial charge in [-0.2, -0.15) is 0 Å². The molecule has 1 aliphatic carbocycles. The van der Waals surface area contributed by atoms with Crippen LogP contribution < -0.4 is 0 Å². The molecule has 2 atom stereocenters. The van der Waals surface area contributed by atoms with E-state index in [4.69, 9.17) is 4.74 Å². The average Bonchev–Trinajstić information content (AvgIpc) is 3.28. The van der Waals surface area contributed by atoms with E-state index in [1.807, 2.05) is 6.92 Å². The summed E-state index contributed by atoms with van der Waals surface area (Å²) in [5, 5.41) is 0. The van der Waals surface area contributed by atoms with Gasteiger partial charge in [-0.1, -0.05) is 35.0 Å². The zero-order valence-corrected chi connectivity index (χ0v) is 15.7. The van der Waals surface area contributed by atoms with Gasteiger partial charge in [-0.25, -0.2) is 4.79 Å². The van der Waals surface area contributed by atoms with E-state index >= 15 is 0 Å². The molecule has 0 saturated heterocycles. The Hall–Kier alpha value is -2.47. The number of hydrogen-bond acceptors (Lipinski definition) is 4. The Balaban J connectivity index is 1.57. The molecule has 0 spiro atoms. The van der Waals surface area contributed by atoms with Crippen molar-refractivity contribution in [2.24, 2.45) is 5.92 Å². The molecular formula is C20H16BrNO4. The van der Waals surface area contributed by atoms with Crippen molar-refractivity contribution in [3.05, 3.63) is 69.2 Å². The average molecular weight is 414 g/mol. The molecule has 2 aromatic rings. The highest BCUT2D eigenvalue weighted by atomic mass is 79.9. The van der Waals surface area contributed by atoms with Gasteiger partial charge in [0.2, 0.25) is 0 Å². The van der Waals surface area contributed by atoms with Crippen LogP contribution >= 0.6 is 15.9 Å². The molecule has 26 heavy (non-hydrogen) atoms. The smallest absolute Gasteiger partial charge is 0.338 e. The van der Waals surface area contributed by atoms with E-state index < -0.39 is 0 Å². The molecule has 0 radical (unpaired) electrons. The number of hydrogen-bond donors (Lipinski definition) is 0. The summed E-state index contributed by atoms with van der Waals surface area (Å²) in [7, 11) is 0. The Morgan fingerprint density at radius 1 is 1.15 bits per heavy atom. The quantitative estimate of drug-likeness (QED) is 0.564. The zero-order chi connectivity index (χ0) is 18.4. The second-order valence-electron chi connectivity index (χ2n) is 6.70. The van der Waals surface area contributed by atoms with Crippen LogP contribution in [-0.2, 0) is 11.3 Å². The molecule has 1 heterocycles. The van der Waals surface area contributed by atoms with Gasteiger partial charge in [0.1, 0.15) is 6.10 Å². The van der Waals surface area contributed by atoms with Crippen molar-refractivity contribution >= 4 is 33.7 Å². The fourth-order valence-corrected chi connectivity index (χ4v) is 3.41. The van der Waals surface area contributed by atoms with E-state index in [1.54, 1.807) is 42.5 Å². The predicted molar refractivity (Wildman–Crippen MR) is 97.8 cm³/mol. The van der Waals surface area contributed by atoms with Gasteiger partial charge in [-0.3, -0.25) is 14.5 Å². The molecule has 2 aromatic carbocycles. The topological polar surface area (TPSA) is 63.7 Å². The maximum Gasteiger partial charge on any atom is 0.338 e. The Bertz CT molecular complexity index is 904. The summed E-state index contributed by atoms with van der Waals surface area (Å²) in [5.74, 6) is -0.614. The van der Waals surface area contributed by atoms with Crippen LogP contribution in [0, 0.1) is 5.92 Å². The summed E-state index contributed by atoms with van der Waals surface area (Å²) < 4.78 is 6.14.